The van der Waals surface area contributed by atoms with Crippen LogP contribution in [0.3, 0.4) is 0 Å². The van der Waals surface area contributed by atoms with Gasteiger partial charge < -0.3 is 20.3 Å². The van der Waals surface area contributed by atoms with Gasteiger partial charge in [-0.1, -0.05) is 6.92 Å². The molecule has 0 radical (unpaired) electrons. The van der Waals surface area contributed by atoms with Crippen molar-refractivity contribution in [2.75, 3.05) is 32.1 Å². The number of carbonyl (C=O) groups is 2. The first kappa shape index (κ1) is 20.1. The Kier molecular flexibility index (Phi) is 6.70. The van der Waals surface area contributed by atoms with Crippen LogP contribution in [0.25, 0.3) is 0 Å². The molecule has 0 aromatic carbocycles. The number of likely N-dealkylation sites (tertiary alicyclic amines) is 1. The van der Waals surface area contributed by atoms with Crippen molar-refractivity contribution in [1.82, 2.24) is 10.2 Å². The Hall–Kier alpha value is -1.67. The van der Waals surface area contributed by atoms with Gasteiger partial charge in [0.25, 0.3) is 0 Å². The van der Waals surface area contributed by atoms with E-state index in [0.717, 1.165) is 55.8 Å². The Morgan fingerprint density at radius 2 is 2.22 bits per heavy atom. The molecule has 2 N–H and O–H groups in total. The molecule has 2 heterocycles. The van der Waals surface area contributed by atoms with Crippen LogP contribution >= 0.6 is 23.6 Å². The van der Waals surface area contributed by atoms with Crippen LogP contribution in [-0.2, 0) is 22.4 Å². The molecule has 0 saturated carbocycles. The number of hydrogen-bond donors (Lipinski definition) is 2. The predicted octanol–water partition coefficient (Wildman–Crippen LogP) is 2.96. The minimum Gasteiger partial charge on any atom is -0.465 e. The third-order valence-electron chi connectivity index (χ3n) is 5.19. The molecule has 1 aliphatic heterocycles. The summed E-state index contributed by atoms with van der Waals surface area (Å²) in [5, 5.41) is 7.64. The first-order chi connectivity index (χ1) is 13.0. The van der Waals surface area contributed by atoms with Crippen molar-refractivity contribution in [2.24, 2.45) is 5.92 Å². The van der Waals surface area contributed by atoms with Crippen LogP contribution in [-0.4, -0.2) is 48.6 Å². The Bertz CT molecular complexity index is 732. The molecule has 1 aromatic heterocycles. The molecule has 1 fully saturated rings. The summed E-state index contributed by atoms with van der Waals surface area (Å²) in [7, 11) is 1.41. The maximum atomic E-state index is 12.3. The molecule has 3 rings (SSSR count). The van der Waals surface area contributed by atoms with Crippen molar-refractivity contribution in [2.45, 2.75) is 45.4 Å². The zero-order valence-corrected chi connectivity index (χ0v) is 17.6. The average Bonchev–Trinajstić information content (AvgIpc) is 3.20. The van der Waals surface area contributed by atoms with E-state index < -0.39 is 0 Å². The van der Waals surface area contributed by atoms with Crippen LogP contribution < -0.4 is 10.6 Å². The van der Waals surface area contributed by atoms with Gasteiger partial charge in [-0.05, 0) is 55.8 Å². The molecule has 1 amide bonds. The Labute approximate surface area is 169 Å². The average molecular weight is 410 g/mol. The molecule has 6 nitrogen and oxygen atoms in total. The number of thiophene rings is 1. The second kappa shape index (κ2) is 9.01. The highest BCUT2D eigenvalue weighted by Crippen LogP contribution is 2.39. The number of amides is 1. The van der Waals surface area contributed by atoms with E-state index >= 15 is 0 Å². The summed E-state index contributed by atoms with van der Waals surface area (Å²) in [4.78, 5) is 27.1. The Morgan fingerprint density at radius 3 is 2.93 bits per heavy atom. The van der Waals surface area contributed by atoms with Crippen LogP contribution in [0, 0.1) is 5.92 Å². The van der Waals surface area contributed by atoms with Crippen LogP contribution in [0.2, 0.25) is 0 Å². The Balaban J connectivity index is 1.57. The normalized spacial score (nSPS) is 19.0. The number of thiocarbonyl (C=S) groups is 1. The number of esters is 1. The van der Waals surface area contributed by atoms with E-state index in [0.29, 0.717) is 29.6 Å². The van der Waals surface area contributed by atoms with Gasteiger partial charge in [0.2, 0.25) is 5.91 Å². The maximum Gasteiger partial charge on any atom is 0.341 e. The van der Waals surface area contributed by atoms with E-state index in [1.807, 2.05) is 4.90 Å². The second-order valence-corrected chi connectivity index (χ2v) is 8.78. The molecule has 1 atom stereocenters. The lowest BCUT2D eigenvalue weighted by Crippen LogP contribution is -2.33. The van der Waals surface area contributed by atoms with Crippen molar-refractivity contribution in [1.29, 1.82) is 0 Å². The first-order valence-corrected chi connectivity index (χ1v) is 10.8. The van der Waals surface area contributed by atoms with Crippen LogP contribution in [0.5, 0.6) is 0 Å². The monoisotopic (exact) mass is 409 g/mol. The van der Waals surface area contributed by atoms with Gasteiger partial charge in [-0.25, -0.2) is 4.79 Å². The van der Waals surface area contributed by atoms with E-state index in [-0.39, 0.29) is 11.9 Å². The van der Waals surface area contributed by atoms with E-state index in [9.17, 15) is 9.59 Å². The summed E-state index contributed by atoms with van der Waals surface area (Å²) in [6, 6.07) is 0. The molecule has 0 bridgehead atoms. The lowest BCUT2D eigenvalue weighted by Gasteiger charge is -2.18. The molecular weight excluding hydrogens is 382 g/mol. The molecular formula is C19H27N3O3S2. The number of anilines is 1. The van der Waals surface area contributed by atoms with E-state index in [2.05, 4.69) is 17.6 Å². The van der Waals surface area contributed by atoms with Gasteiger partial charge >= 0.3 is 5.97 Å². The van der Waals surface area contributed by atoms with Gasteiger partial charge in [-0.2, -0.15) is 0 Å². The highest BCUT2D eigenvalue weighted by Gasteiger charge is 2.28. The number of ether oxygens (including phenoxy) is 1. The van der Waals surface area contributed by atoms with Gasteiger partial charge in [0.05, 0.1) is 12.7 Å². The van der Waals surface area contributed by atoms with Crippen LogP contribution in [0.4, 0.5) is 5.00 Å². The quantitative estimate of drug-likeness (QED) is 0.428. The highest BCUT2D eigenvalue weighted by molar-refractivity contribution is 7.80. The van der Waals surface area contributed by atoms with Gasteiger partial charge in [-0.15, -0.1) is 11.3 Å². The summed E-state index contributed by atoms with van der Waals surface area (Å²) in [6.07, 6.45) is 5.47. The number of hydrogen-bond acceptors (Lipinski definition) is 5. The van der Waals surface area contributed by atoms with Crippen molar-refractivity contribution in [3.8, 4) is 0 Å². The Morgan fingerprint density at radius 1 is 1.41 bits per heavy atom. The third kappa shape index (κ3) is 4.79. The summed E-state index contributed by atoms with van der Waals surface area (Å²) >= 11 is 7.01. The zero-order valence-electron chi connectivity index (χ0n) is 15.9. The molecule has 1 aliphatic carbocycles. The van der Waals surface area contributed by atoms with Gasteiger partial charge in [0, 0.05) is 30.9 Å². The smallest absolute Gasteiger partial charge is 0.341 e. The van der Waals surface area contributed by atoms with E-state index in [4.69, 9.17) is 17.0 Å². The SMILES string of the molecule is COC(=O)c1c(NC(=S)NCCCN2CCCC2=O)sc2c1CCC(C)C2. The molecule has 1 unspecified atom stereocenters. The minimum atomic E-state index is -0.306. The van der Waals surface area contributed by atoms with Crippen molar-refractivity contribution < 1.29 is 14.3 Å². The van der Waals surface area contributed by atoms with Crippen molar-refractivity contribution in [3.63, 3.8) is 0 Å². The molecule has 0 spiro atoms. The predicted molar refractivity (Wildman–Crippen MR) is 112 cm³/mol. The van der Waals surface area contributed by atoms with Gasteiger partial charge in [0.15, 0.2) is 5.11 Å². The van der Waals surface area contributed by atoms with Crippen LogP contribution in [0.1, 0.15) is 53.4 Å². The summed E-state index contributed by atoms with van der Waals surface area (Å²) in [5.74, 6) is 0.574. The number of fused-ring (bicyclic) bond motifs is 1. The van der Waals surface area contributed by atoms with E-state index in [1.165, 1.54) is 12.0 Å². The lowest BCUT2D eigenvalue weighted by atomic mass is 9.88. The molecule has 148 valence electrons. The number of carbonyl (C=O) groups excluding carboxylic acids is 2. The fourth-order valence-electron chi connectivity index (χ4n) is 3.72. The molecule has 1 saturated heterocycles. The first-order valence-electron chi connectivity index (χ1n) is 9.55. The number of rotatable bonds is 6. The number of nitrogens with zero attached hydrogens (tertiary/aromatic N) is 1. The van der Waals surface area contributed by atoms with Crippen molar-refractivity contribution in [3.05, 3.63) is 16.0 Å². The second-order valence-electron chi connectivity index (χ2n) is 7.27. The molecule has 8 heteroatoms. The molecule has 27 heavy (non-hydrogen) atoms. The van der Waals surface area contributed by atoms with Crippen molar-refractivity contribution >= 4 is 45.5 Å². The number of methoxy groups -OCH3 is 1. The maximum absolute atomic E-state index is 12.3. The third-order valence-corrected chi connectivity index (χ3v) is 6.61. The summed E-state index contributed by atoms with van der Waals surface area (Å²) in [5.41, 5.74) is 1.75. The van der Waals surface area contributed by atoms with E-state index in [1.54, 1.807) is 11.3 Å². The largest absolute Gasteiger partial charge is 0.465 e. The fraction of sp³-hybridized carbons (Fsp3) is 0.632. The lowest BCUT2D eigenvalue weighted by molar-refractivity contribution is -0.127. The minimum absolute atomic E-state index is 0.247. The van der Waals surface area contributed by atoms with Crippen LogP contribution in [0.15, 0.2) is 0 Å². The summed E-state index contributed by atoms with van der Waals surface area (Å²) in [6.45, 7) is 4.55. The highest BCUT2D eigenvalue weighted by atomic mass is 32.1. The summed E-state index contributed by atoms with van der Waals surface area (Å²) < 4.78 is 5.00. The number of nitrogens with one attached hydrogen (secondary N) is 2. The zero-order chi connectivity index (χ0) is 19.4. The fourth-order valence-corrected chi connectivity index (χ4v) is 5.39. The molecule has 2 aliphatic rings. The standard InChI is InChI=1S/C19H27N3O3S2/c1-12-6-7-13-14(11-12)27-17(16(13)18(24)25-2)21-19(26)20-8-4-10-22-9-3-5-15(22)23/h12H,3-11H2,1-2H3,(H2,20,21,26). The topological polar surface area (TPSA) is 70.7 Å². The molecule has 1 aromatic rings. The van der Waals surface area contributed by atoms with Gasteiger partial charge in [-0.3, -0.25) is 4.79 Å². The van der Waals surface area contributed by atoms with Gasteiger partial charge in [0.1, 0.15) is 5.00 Å².